The minimum absolute atomic E-state index is 0.255. The van der Waals surface area contributed by atoms with Gasteiger partial charge in [0.05, 0.1) is 18.3 Å². The molecule has 2 saturated heterocycles. The number of carboxylic acids is 1. The van der Waals surface area contributed by atoms with E-state index >= 15 is 0 Å². The molecular weight excluding hydrogens is 304 g/mol. The zero-order valence-electron chi connectivity index (χ0n) is 15.1. The molecule has 1 N–H and O–H groups in total. The maximum atomic E-state index is 10.5. The smallest absolute Gasteiger partial charge is 0.303 e. The first-order valence-corrected chi connectivity index (χ1v) is 9.86. The summed E-state index contributed by atoms with van der Waals surface area (Å²) in [5.41, 5.74) is 0. The number of aliphatic carboxylic acids is 1. The highest BCUT2D eigenvalue weighted by Gasteiger charge is 2.48. The Morgan fingerprint density at radius 1 is 1.12 bits per heavy atom. The first-order chi connectivity index (χ1) is 11.7. The number of ether oxygens (including phenoxy) is 2. The standard InChI is InChI=1S/C20H34O4/c1-2-3-4-7-10-15-23-20-16(17-13-14-18(20)24-17)11-8-5-6-9-12-19(21)22/h5,8,16-18,20H,2-4,6-7,9-15H2,1H3,(H,21,22)/b8-5-/t16-,17?,18?,20+/m0/s1. The molecular formula is C20H34O4. The van der Waals surface area contributed by atoms with Crippen LogP contribution in [0.5, 0.6) is 0 Å². The Morgan fingerprint density at radius 2 is 1.92 bits per heavy atom. The van der Waals surface area contributed by atoms with Gasteiger partial charge in [0.15, 0.2) is 0 Å². The van der Waals surface area contributed by atoms with E-state index in [1.807, 2.05) is 0 Å². The second-order valence-corrected chi connectivity index (χ2v) is 7.20. The molecule has 4 heteroatoms. The van der Waals surface area contributed by atoms with Gasteiger partial charge in [0.25, 0.3) is 0 Å². The van der Waals surface area contributed by atoms with Gasteiger partial charge in [0, 0.05) is 18.9 Å². The van der Waals surface area contributed by atoms with E-state index in [-0.39, 0.29) is 12.5 Å². The first kappa shape index (κ1) is 19.5. The van der Waals surface area contributed by atoms with E-state index in [1.165, 1.54) is 32.1 Å². The number of hydrogen-bond donors (Lipinski definition) is 1. The molecule has 2 heterocycles. The third-order valence-electron chi connectivity index (χ3n) is 5.25. The van der Waals surface area contributed by atoms with Crippen molar-refractivity contribution in [3.8, 4) is 0 Å². The van der Waals surface area contributed by atoms with Crippen LogP contribution in [0.3, 0.4) is 0 Å². The highest BCUT2D eigenvalue weighted by atomic mass is 16.6. The lowest BCUT2D eigenvalue weighted by Crippen LogP contribution is -2.34. The minimum Gasteiger partial charge on any atom is -0.481 e. The topological polar surface area (TPSA) is 55.8 Å². The third kappa shape index (κ3) is 6.21. The number of unbranched alkanes of at least 4 members (excludes halogenated alkanes) is 5. The molecule has 2 unspecified atom stereocenters. The Labute approximate surface area is 146 Å². The number of rotatable bonds is 13. The van der Waals surface area contributed by atoms with Crippen molar-refractivity contribution >= 4 is 5.97 Å². The van der Waals surface area contributed by atoms with Crippen molar-refractivity contribution < 1.29 is 19.4 Å². The van der Waals surface area contributed by atoms with Crippen molar-refractivity contribution in [3.05, 3.63) is 12.2 Å². The molecule has 0 spiro atoms. The predicted octanol–water partition coefficient (Wildman–Crippen LogP) is 4.72. The summed E-state index contributed by atoms with van der Waals surface area (Å²) in [5, 5.41) is 8.64. The molecule has 0 aromatic rings. The summed E-state index contributed by atoms with van der Waals surface area (Å²) >= 11 is 0. The number of fused-ring (bicyclic) bond motifs is 2. The Kier molecular flexibility index (Phi) is 8.82. The number of hydrogen-bond acceptors (Lipinski definition) is 3. The zero-order valence-corrected chi connectivity index (χ0v) is 15.1. The van der Waals surface area contributed by atoms with Gasteiger partial charge in [0.2, 0.25) is 0 Å². The molecule has 0 aromatic carbocycles. The molecule has 138 valence electrons. The molecule has 0 aliphatic carbocycles. The molecule has 4 nitrogen and oxygen atoms in total. The van der Waals surface area contributed by atoms with Crippen LogP contribution in [0.4, 0.5) is 0 Å². The monoisotopic (exact) mass is 338 g/mol. The van der Waals surface area contributed by atoms with Crippen LogP contribution in [0.25, 0.3) is 0 Å². The van der Waals surface area contributed by atoms with Crippen LogP contribution in [-0.4, -0.2) is 36.0 Å². The third-order valence-corrected chi connectivity index (χ3v) is 5.25. The van der Waals surface area contributed by atoms with Crippen molar-refractivity contribution in [1.82, 2.24) is 0 Å². The highest BCUT2D eigenvalue weighted by Crippen LogP contribution is 2.42. The van der Waals surface area contributed by atoms with E-state index in [4.69, 9.17) is 14.6 Å². The van der Waals surface area contributed by atoms with Crippen molar-refractivity contribution in [2.75, 3.05) is 6.61 Å². The molecule has 2 bridgehead atoms. The van der Waals surface area contributed by atoms with Crippen LogP contribution in [0, 0.1) is 5.92 Å². The van der Waals surface area contributed by atoms with Gasteiger partial charge in [-0.1, -0.05) is 44.8 Å². The lowest BCUT2D eigenvalue weighted by molar-refractivity contribution is -0.137. The van der Waals surface area contributed by atoms with E-state index < -0.39 is 5.97 Å². The molecule has 2 fully saturated rings. The summed E-state index contributed by atoms with van der Waals surface area (Å²) in [6.45, 7) is 3.10. The van der Waals surface area contributed by atoms with Crippen LogP contribution < -0.4 is 0 Å². The summed E-state index contributed by atoms with van der Waals surface area (Å²) in [6.07, 6.45) is 16.7. The van der Waals surface area contributed by atoms with Crippen molar-refractivity contribution in [2.24, 2.45) is 5.92 Å². The predicted molar refractivity (Wildman–Crippen MR) is 95.1 cm³/mol. The largest absolute Gasteiger partial charge is 0.481 e. The van der Waals surface area contributed by atoms with Crippen LogP contribution in [-0.2, 0) is 14.3 Å². The molecule has 0 aromatic heterocycles. The van der Waals surface area contributed by atoms with E-state index in [0.717, 1.165) is 38.7 Å². The number of carbonyl (C=O) groups is 1. The van der Waals surface area contributed by atoms with Crippen molar-refractivity contribution in [1.29, 1.82) is 0 Å². The number of allylic oxidation sites excluding steroid dienone is 2. The molecule has 2 rings (SSSR count). The Morgan fingerprint density at radius 3 is 2.71 bits per heavy atom. The van der Waals surface area contributed by atoms with Gasteiger partial charge in [-0.3, -0.25) is 4.79 Å². The van der Waals surface area contributed by atoms with Gasteiger partial charge in [-0.2, -0.15) is 0 Å². The van der Waals surface area contributed by atoms with Gasteiger partial charge in [-0.05, 0) is 38.5 Å². The fourth-order valence-corrected chi connectivity index (χ4v) is 3.92. The van der Waals surface area contributed by atoms with Crippen LogP contribution in [0.15, 0.2) is 12.2 Å². The van der Waals surface area contributed by atoms with Gasteiger partial charge >= 0.3 is 5.97 Å². The second-order valence-electron chi connectivity index (χ2n) is 7.20. The maximum absolute atomic E-state index is 10.5. The minimum atomic E-state index is -0.711. The average molecular weight is 338 g/mol. The second kappa shape index (κ2) is 10.9. The molecule has 2 aliphatic heterocycles. The molecule has 0 saturated carbocycles. The molecule has 0 amide bonds. The first-order valence-electron chi connectivity index (χ1n) is 9.86. The normalized spacial score (nSPS) is 28.9. The fraction of sp³-hybridized carbons (Fsp3) is 0.850. The molecule has 0 radical (unpaired) electrons. The van der Waals surface area contributed by atoms with Crippen LogP contribution in [0.1, 0.15) is 77.6 Å². The van der Waals surface area contributed by atoms with Crippen LogP contribution >= 0.6 is 0 Å². The van der Waals surface area contributed by atoms with Gasteiger partial charge in [-0.25, -0.2) is 0 Å². The van der Waals surface area contributed by atoms with Gasteiger partial charge in [0.1, 0.15) is 0 Å². The number of carboxylic acid groups (broad SMARTS) is 1. The van der Waals surface area contributed by atoms with E-state index in [9.17, 15) is 4.79 Å². The van der Waals surface area contributed by atoms with E-state index in [2.05, 4.69) is 19.1 Å². The summed E-state index contributed by atoms with van der Waals surface area (Å²) in [6, 6.07) is 0. The summed E-state index contributed by atoms with van der Waals surface area (Å²) in [4.78, 5) is 10.5. The summed E-state index contributed by atoms with van der Waals surface area (Å²) in [7, 11) is 0. The molecule has 24 heavy (non-hydrogen) atoms. The van der Waals surface area contributed by atoms with Crippen LogP contribution in [0.2, 0.25) is 0 Å². The summed E-state index contributed by atoms with van der Waals surface area (Å²) < 4.78 is 12.3. The molecule has 4 atom stereocenters. The average Bonchev–Trinajstić information content (AvgIpc) is 3.15. The lowest BCUT2D eigenvalue weighted by Gasteiger charge is -2.27. The summed E-state index contributed by atoms with van der Waals surface area (Å²) in [5.74, 6) is -0.229. The molecule has 2 aliphatic rings. The highest BCUT2D eigenvalue weighted by molar-refractivity contribution is 5.66. The quantitative estimate of drug-likeness (QED) is 0.390. The Bertz CT molecular complexity index is 393. The van der Waals surface area contributed by atoms with Crippen molar-refractivity contribution in [3.63, 3.8) is 0 Å². The van der Waals surface area contributed by atoms with E-state index in [0.29, 0.717) is 18.1 Å². The zero-order chi connectivity index (χ0) is 17.2. The Balaban J connectivity index is 1.65. The van der Waals surface area contributed by atoms with E-state index in [1.54, 1.807) is 0 Å². The fourth-order valence-electron chi connectivity index (χ4n) is 3.92. The van der Waals surface area contributed by atoms with Gasteiger partial charge < -0.3 is 14.6 Å². The Hall–Kier alpha value is -0.870. The SMILES string of the molecule is CCCCCCCO[C@H]1C2CCC(O2)[C@@H]1C/C=C\CCCC(=O)O. The van der Waals surface area contributed by atoms with Gasteiger partial charge in [-0.15, -0.1) is 0 Å². The van der Waals surface area contributed by atoms with Crippen molar-refractivity contribution in [2.45, 2.75) is 95.9 Å². The lowest BCUT2D eigenvalue weighted by atomic mass is 9.84. The maximum Gasteiger partial charge on any atom is 0.303 e.